The number of aryl methyl sites for hydroxylation is 2. The van der Waals surface area contributed by atoms with E-state index in [9.17, 15) is 27.9 Å². The summed E-state index contributed by atoms with van der Waals surface area (Å²) in [6.07, 6.45) is -5.51. The van der Waals surface area contributed by atoms with Crippen molar-refractivity contribution in [2.45, 2.75) is 32.7 Å². The highest BCUT2D eigenvalue weighted by molar-refractivity contribution is 6.39. The van der Waals surface area contributed by atoms with Crippen molar-refractivity contribution in [1.82, 2.24) is 5.32 Å². The first-order chi connectivity index (χ1) is 13.0. The average molecular weight is 400 g/mol. The van der Waals surface area contributed by atoms with Gasteiger partial charge >= 0.3 is 18.2 Å². The molecule has 1 aromatic carbocycles. The van der Waals surface area contributed by atoms with Gasteiger partial charge in [0.25, 0.3) is 0 Å². The van der Waals surface area contributed by atoms with Crippen molar-refractivity contribution in [1.29, 1.82) is 0 Å². The third-order valence-corrected chi connectivity index (χ3v) is 3.69. The molecule has 0 fully saturated rings. The van der Waals surface area contributed by atoms with E-state index in [2.05, 4.69) is 15.4 Å². The Morgan fingerprint density at radius 2 is 1.82 bits per heavy atom. The highest BCUT2D eigenvalue weighted by Crippen LogP contribution is 2.24. The van der Waals surface area contributed by atoms with Gasteiger partial charge in [0.1, 0.15) is 17.3 Å². The van der Waals surface area contributed by atoms with Crippen molar-refractivity contribution in [3.05, 3.63) is 47.4 Å². The molecule has 0 saturated carbocycles. The Kier molecular flexibility index (Phi) is 6.68. The molecule has 0 aliphatic rings. The van der Waals surface area contributed by atoms with E-state index in [4.69, 9.17) is 4.42 Å². The quantitative estimate of drug-likeness (QED) is 0.648. The van der Waals surface area contributed by atoms with Crippen LogP contribution >= 0.6 is 0 Å². The van der Waals surface area contributed by atoms with Crippen molar-refractivity contribution in [3.63, 3.8) is 0 Å². The Balaban J connectivity index is 1.79. The van der Waals surface area contributed by atoms with Crippen LogP contribution in [0.25, 0.3) is 0 Å². The summed E-state index contributed by atoms with van der Waals surface area (Å²) in [5.41, 5.74) is 0.733. The third kappa shape index (κ3) is 6.31. The molecule has 0 aliphatic carbocycles. The molecule has 0 spiro atoms. The number of furan rings is 1. The minimum Gasteiger partial charge on any atom is -0.466 e. The number of aliphatic hydroxyl groups excluding tert-OH is 1. The van der Waals surface area contributed by atoms with Crippen molar-refractivity contribution in [3.8, 4) is 5.75 Å². The number of nitrogens with one attached hydrogen (secondary N) is 2. The molecule has 2 amide bonds. The summed E-state index contributed by atoms with van der Waals surface area (Å²) in [5.74, 6) is -1.15. The molecule has 1 heterocycles. The van der Waals surface area contributed by atoms with Gasteiger partial charge in [-0.25, -0.2) is 0 Å². The van der Waals surface area contributed by atoms with Crippen LogP contribution in [0.5, 0.6) is 5.75 Å². The fourth-order valence-corrected chi connectivity index (χ4v) is 2.47. The van der Waals surface area contributed by atoms with Crippen LogP contribution in [0.1, 0.15) is 29.6 Å². The van der Waals surface area contributed by atoms with Crippen LogP contribution in [0.15, 0.2) is 34.7 Å². The number of halogens is 3. The number of anilines is 1. The molecule has 1 unspecified atom stereocenters. The van der Waals surface area contributed by atoms with Crippen molar-refractivity contribution in [2.75, 3.05) is 11.9 Å². The van der Waals surface area contributed by atoms with Crippen molar-refractivity contribution < 1.29 is 37.0 Å². The molecular formula is C18H19F3N2O5. The standard InChI is InChI=1S/C18H19F3N2O5/c1-10-9-14(11(2)27-10)15(24)7-8-22-16(25)17(26)23-12-3-5-13(6-4-12)28-18(19,20)21/h3-6,9,15,24H,7-8H2,1-2H3,(H,22,25)(H,23,26). The summed E-state index contributed by atoms with van der Waals surface area (Å²) in [6, 6.07) is 6.04. The summed E-state index contributed by atoms with van der Waals surface area (Å²) in [5, 5.41) is 14.7. The number of amides is 2. The summed E-state index contributed by atoms with van der Waals surface area (Å²) >= 11 is 0. The maximum atomic E-state index is 12.1. The lowest BCUT2D eigenvalue weighted by atomic mass is 10.1. The minimum atomic E-state index is -4.82. The number of aliphatic hydroxyl groups is 1. The van der Waals surface area contributed by atoms with E-state index in [0.29, 0.717) is 17.1 Å². The fourth-order valence-electron chi connectivity index (χ4n) is 2.47. The zero-order valence-corrected chi connectivity index (χ0v) is 15.1. The highest BCUT2D eigenvalue weighted by Gasteiger charge is 2.31. The summed E-state index contributed by atoms with van der Waals surface area (Å²) < 4.78 is 45.3. The first-order valence-electron chi connectivity index (χ1n) is 8.25. The van der Waals surface area contributed by atoms with Gasteiger partial charge in [-0.2, -0.15) is 0 Å². The first-order valence-corrected chi connectivity index (χ1v) is 8.25. The largest absolute Gasteiger partial charge is 0.573 e. The van der Waals surface area contributed by atoms with Crippen molar-refractivity contribution >= 4 is 17.5 Å². The molecule has 3 N–H and O–H groups in total. The lowest BCUT2D eigenvalue weighted by molar-refractivity contribution is -0.274. The summed E-state index contributed by atoms with van der Waals surface area (Å²) in [4.78, 5) is 23.6. The number of benzene rings is 1. The van der Waals surface area contributed by atoms with Crippen LogP contribution in [0, 0.1) is 13.8 Å². The minimum absolute atomic E-state index is 0.0372. The second-order valence-corrected chi connectivity index (χ2v) is 5.96. The van der Waals surface area contributed by atoms with Crippen LogP contribution in [0.4, 0.5) is 18.9 Å². The van der Waals surface area contributed by atoms with Gasteiger partial charge in [-0.1, -0.05) is 0 Å². The fraction of sp³-hybridized carbons (Fsp3) is 0.333. The monoisotopic (exact) mass is 400 g/mol. The molecule has 0 aliphatic heterocycles. The second kappa shape index (κ2) is 8.79. The van der Waals surface area contributed by atoms with Crippen LogP contribution < -0.4 is 15.4 Å². The van der Waals surface area contributed by atoms with Gasteiger partial charge in [-0.15, -0.1) is 13.2 Å². The Bertz CT molecular complexity index is 831. The van der Waals surface area contributed by atoms with E-state index in [0.717, 1.165) is 12.1 Å². The Morgan fingerprint density at radius 1 is 1.18 bits per heavy atom. The van der Waals surface area contributed by atoms with E-state index < -0.39 is 30.0 Å². The predicted octanol–water partition coefficient (Wildman–Crippen LogP) is 2.97. The Labute approximate surface area is 158 Å². The van der Waals surface area contributed by atoms with Gasteiger partial charge in [0.2, 0.25) is 0 Å². The Morgan fingerprint density at radius 3 is 2.36 bits per heavy atom. The number of ether oxygens (including phenoxy) is 1. The van der Waals surface area contributed by atoms with Gasteiger partial charge in [-0.3, -0.25) is 9.59 Å². The van der Waals surface area contributed by atoms with Crippen LogP contribution in [-0.2, 0) is 9.59 Å². The molecule has 0 bridgehead atoms. The lowest BCUT2D eigenvalue weighted by Gasteiger charge is -2.11. The van der Waals surface area contributed by atoms with Gasteiger partial charge in [-0.05, 0) is 50.6 Å². The van der Waals surface area contributed by atoms with Gasteiger partial charge in [0.15, 0.2) is 0 Å². The number of hydrogen-bond donors (Lipinski definition) is 3. The zero-order valence-electron chi connectivity index (χ0n) is 15.1. The maximum absolute atomic E-state index is 12.1. The lowest BCUT2D eigenvalue weighted by Crippen LogP contribution is -2.36. The third-order valence-electron chi connectivity index (χ3n) is 3.69. The Hall–Kier alpha value is -3.01. The number of carbonyl (C=O) groups excluding carboxylic acids is 2. The van der Waals surface area contributed by atoms with E-state index >= 15 is 0 Å². The van der Waals surface area contributed by atoms with Gasteiger partial charge in [0.05, 0.1) is 6.10 Å². The van der Waals surface area contributed by atoms with Crippen molar-refractivity contribution in [2.24, 2.45) is 0 Å². The average Bonchev–Trinajstić information content (AvgIpc) is 2.93. The van der Waals surface area contributed by atoms with E-state index in [1.54, 1.807) is 19.9 Å². The molecule has 28 heavy (non-hydrogen) atoms. The molecule has 2 rings (SSSR count). The summed E-state index contributed by atoms with van der Waals surface area (Å²) in [6.45, 7) is 3.50. The zero-order chi connectivity index (χ0) is 20.9. The predicted molar refractivity (Wildman–Crippen MR) is 92.5 cm³/mol. The molecule has 152 valence electrons. The molecule has 0 radical (unpaired) electrons. The van der Waals surface area contributed by atoms with Crippen LogP contribution in [0.2, 0.25) is 0 Å². The van der Waals surface area contributed by atoms with E-state index in [-0.39, 0.29) is 18.7 Å². The number of alkyl halides is 3. The number of hydrogen-bond acceptors (Lipinski definition) is 5. The smallest absolute Gasteiger partial charge is 0.466 e. The summed E-state index contributed by atoms with van der Waals surface area (Å²) in [7, 11) is 0. The molecule has 7 nitrogen and oxygen atoms in total. The maximum Gasteiger partial charge on any atom is 0.573 e. The number of carbonyl (C=O) groups is 2. The second-order valence-electron chi connectivity index (χ2n) is 5.96. The van der Waals surface area contributed by atoms with Gasteiger partial charge in [0, 0.05) is 17.8 Å². The molecule has 1 aromatic heterocycles. The van der Waals surface area contributed by atoms with Gasteiger partial charge < -0.3 is 24.9 Å². The normalized spacial score (nSPS) is 12.4. The number of rotatable bonds is 6. The molecule has 1 atom stereocenters. The van der Waals surface area contributed by atoms with Crippen LogP contribution in [-0.4, -0.2) is 29.8 Å². The van der Waals surface area contributed by atoms with E-state index in [1.807, 2.05) is 0 Å². The molecule has 10 heteroatoms. The molecular weight excluding hydrogens is 381 g/mol. The van der Waals surface area contributed by atoms with Crippen LogP contribution in [0.3, 0.4) is 0 Å². The highest BCUT2D eigenvalue weighted by atomic mass is 19.4. The molecule has 0 saturated heterocycles. The topological polar surface area (TPSA) is 101 Å². The molecule has 2 aromatic rings. The SMILES string of the molecule is Cc1cc(C(O)CCNC(=O)C(=O)Nc2ccc(OC(F)(F)F)cc2)c(C)o1. The van der Waals surface area contributed by atoms with E-state index in [1.165, 1.54) is 12.1 Å². The first kappa shape index (κ1) is 21.3.